The van der Waals surface area contributed by atoms with Crippen LogP contribution in [0.15, 0.2) is 50.2 Å². The van der Waals surface area contributed by atoms with Crippen LogP contribution in [0.3, 0.4) is 0 Å². The molecule has 4 aromatic rings. The Balaban J connectivity index is 1.74. The number of fused-ring (bicyclic) bond motifs is 3. The fourth-order valence-corrected chi connectivity index (χ4v) is 4.64. The summed E-state index contributed by atoms with van der Waals surface area (Å²) in [7, 11) is -4.05. The average molecular weight is 443 g/mol. The first kappa shape index (κ1) is 21.0. The molecule has 4 rings (SSSR count). The summed E-state index contributed by atoms with van der Waals surface area (Å²) in [6.07, 6.45) is 0.634. The first-order chi connectivity index (χ1) is 14.7. The summed E-state index contributed by atoms with van der Waals surface area (Å²) in [6.45, 7) is 5.19. The Bertz CT molecular complexity index is 1390. The second kappa shape index (κ2) is 7.78. The van der Waals surface area contributed by atoms with E-state index in [-0.39, 0.29) is 4.90 Å². The van der Waals surface area contributed by atoms with E-state index in [1.54, 1.807) is 32.0 Å². The van der Waals surface area contributed by atoms with Gasteiger partial charge in [0.15, 0.2) is 0 Å². The van der Waals surface area contributed by atoms with Gasteiger partial charge < -0.3 is 14.0 Å². The number of aryl methyl sites for hydroxylation is 1. The number of aromatic nitrogens is 2. The van der Waals surface area contributed by atoms with Crippen molar-refractivity contribution in [3.63, 3.8) is 0 Å². The van der Waals surface area contributed by atoms with Crippen molar-refractivity contribution in [1.82, 2.24) is 14.9 Å². The summed E-state index contributed by atoms with van der Waals surface area (Å²) in [4.78, 5) is 15.6. The minimum atomic E-state index is -4.05. The number of aliphatic carboxylic acids is 1. The molecule has 0 unspecified atom stereocenters. The van der Waals surface area contributed by atoms with Gasteiger partial charge in [-0.2, -0.15) is 9.71 Å². The van der Waals surface area contributed by atoms with Gasteiger partial charge in [-0.3, -0.25) is 4.79 Å². The monoisotopic (exact) mass is 443 g/mol. The number of hydrogen-bond acceptors (Lipinski definition) is 7. The van der Waals surface area contributed by atoms with E-state index >= 15 is 0 Å². The largest absolute Gasteiger partial charge is 0.480 e. The van der Waals surface area contributed by atoms with Crippen molar-refractivity contribution in [2.24, 2.45) is 5.92 Å². The third-order valence-electron chi connectivity index (χ3n) is 5.00. The number of carboxylic acid groups (broad SMARTS) is 1. The van der Waals surface area contributed by atoms with Crippen LogP contribution in [0.25, 0.3) is 33.3 Å². The Hall–Kier alpha value is -3.24. The second-order valence-corrected chi connectivity index (χ2v) is 9.23. The molecular formula is C21H21N3O6S. The van der Waals surface area contributed by atoms with Crippen LogP contribution in [-0.4, -0.2) is 35.7 Å². The maximum absolute atomic E-state index is 12.7. The van der Waals surface area contributed by atoms with E-state index in [0.29, 0.717) is 34.7 Å². The Kier molecular flexibility index (Phi) is 5.28. The highest BCUT2D eigenvalue weighted by atomic mass is 32.2. The predicted molar refractivity (Wildman–Crippen MR) is 113 cm³/mol. The van der Waals surface area contributed by atoms with Crippen LogP contribution in [0.4, 0.5) is 0 Å². The van der Waals surface area contributed by atoms with Crippen molar-refractivity contribution >= 4 is 37.9 Å². The van der Waals surface area contributed by atoms with Gasteiger partial charge in [-0.15, -0.1) is 0 Å². The van der Waals surface area contributed by atoms with Gasteiger partial charge in [0.05, 0.1) is 4.90 Å². The maximum Gasteiger partial charge on any atom is 0.322 e. The first-order valence-electron chi connectivity index (χ1n) is 9.74. The van der Waals surface area contributed by atoms with Crippen LogP contribution in [0, 0.1) is 5.92 Å². The lowest BCUT2D eigenvalue weighted by Gasteiger charge is -2.17. The number of furan rings is 1. The quantitative estimate of drug-likeness (QED) is 0.442. The van der Waals surface area contributed by atoms with E-state index in [0.717, 1.165) is 10.9 Å². The molecule has 0 bridgehead atoms. The SMILES string of the molecule is CCc1nc(-c2ccc3oc4cc(S(=O)(=O)N[C@H](C(=O)O)C(C)C)ccc4c3c2)no1. The zero-order chi connectivity index (χ0) is 22.3. The number of nitrogens with zero attached hydrogens (tertiary/aromatic N) is 2. The Morgan fingerprint density at radius 1 is 1.13 bits per heavy atom. The van der Waals surface area contributed by atoms with Gasteiger partial charge >= 0.3 is 5.97 Å². The Morgan fingerprint density at radius 2 is 1.90 bits per heavy atom. The third-order valence-corrected chi connectivity index (χ3v) is 6.44. The van der Waals surface area contributed by atoms with E-state index in [9.17, 15) is 18.3 Å². The molecule has 2 N–H and O–H groups in total. The number of carbonyl (C=O) groups is 1. The molecule has 2 heterocycles. The van der Waals surface area contributed by atoms with Crippen molar-refractivity contribution in [3.8, 4) is 11.4 Å². The molecule has 0 spiro atoms. The third kappa shape index (κ3) is 3.91. The zero-order valence-electron chi connectivity index (χ0n) is 17.1. The Labute approximate surface area is 178 Å². The summed E-state index contributed by atoms with van der Waals surface area (Å²) in [6, 6.07) is 8.64. The molecule has 2 aromatic heterocycles. The summed E-state index contributed by atoms with van der Waals surface area (Å²) < 4.78 is 38.7. The number of sulfonamides is 1. The van der Waals surface area contributed by atoms with Gasteiger partial charge in [0.25, 0.3) is 0 Å². The topological polar surface area (TPSA) is 136 Å². The lowest BCUT2D eigenvalue weighted by atomic mass is 10.1. The van der Waals surface area contributed by atoms with Crippen molar-refractivity contribution in [3.05, 3.63) is 42.3 Å². The van der Waals surface area contributed by atoms with Gasteiger partial charge in [-0.05, 0) is 36.2 Å². The lowest BCUT2D eigenvalue weighted by Crippen LogP contribution is -2.44. The highest BCUT2D eigenvalue weighted by Gasteiger charge is 2.28. The lowest BCUT2D eigenvalue weighted by molar-refractivity contribution is -0.140. The molecule has 0 aliphatic heterocycles. The molecule has 9 nitrogen and oxygen atoms in total. The molecule has 2 aromatic carbocycles. The fraction of sp³-hybridized carbons (Fsp3) is 0.286. The fourth-order valence-electron chi connectivity index (χ4n) is 3.29. The van der Waals surface area contributed by atoms with E-state index in [4.69, 9.17) is 8.94 Å². The normalized spacial score (nSPS) is 13.3. The van der Waals surface area contributed by atoms with Gasteiger partial charge in [-0.1, -0.05) is 25.9 Å². The van der Waals surface area contributed by atoms with Gasteiger partial charge in [0.1, 0.15) is 17.2 Å². The molecule has 10 heteroatoms. The number of hydrogen-bond donors (Lipinski definition) is 2. The molecule has 0 aliphatic rings. The smallest absolute Gasteiger partial charge is 0.322 e. The minimum Gasteiger partial charge on any atom is -0.480 e. The first-order valence-corrected chi connectivity index (χ1v) is 11.2. The predicted octanol–water partition coefficient (Wildman–Crippen LogP) is 3.59. The maximum atomic E-state index is 12.7. The Morgan fingerprint density at radius 3 is 2.55 bits per heavy atom. The molecule has 0 aliphatic carbocycles. The van der Waals surface area contributed by atoms with E-state index in [2.05, 4.69) is 14.9 Å². The van der Waals surface area contributed by atoms with Crippen LogP contribution >= 0.6 is 0 Å². The molecule has 162 valence electrons. The summed E-state index contributed by atoms with van der Waals surface area (Å²) >= 11 is 0. The van der Waals surface area contributed by atoms with Crippen LogP contribution in [-0.2, 0) is 21.2 Å². The zero-order valence-corrected chi connectivity index (χ0v) is 17.9. The van der Waals surface area contributed by atoms with E-state index in [1.165, 1.54) is 12.1 Å². The van der Waals surface area contributed by atoms with Crippen molar-refractivity contribution in [2.75, 3.05) is 0 Å². The number of carboxylic acids is 1. The van der Waals surface area contributed by atoms with Crippen LogP contribution in [0.2, 0.25) is 0 Å². The molecule has 0 amide bonds. The number of nitrogens with one attached hydrogen (secondary N) is 1. The van der Waals surface area contributed by atoms with Crippen molar-refractivity contribution < 1.29 is 27.3 Å². The highest BCUT2D eigenvalue weighted by molar-refractivity contribution is 7.89. The standard InChI is InChI=1S/C21H21N3O6S/c1-4-18-22-20(23-30-18)12-5-8-16-15(9-12)14-7-6-13(10-17(14)29-16)31(27,28)24-19(11(2)3)21(25)26/h5-11,19,24H,4H2,1-3H3,(H,25,26)/t19-/m0/s1. The summed E-state index contributed by atoms with van der Waals surface area (Å²) in [5.74, 6) is -0.650. The molecule has 0 saturated heterocycles. The van der Waals surface area contributed by atoms with E-state index < -0.39 is 28.0 Å². The number of benzene rings is 2. The molecule has 0 radical (unpaired) electrons. The van der Waals surface area contributed by atoms with Crippen LogP contribution in [0.5, 0.6) is 0 Å². The van der Waals surface area contributed by atoms with Gasteiger partial charge in [-0.25, -0.2) is 8.42 Å². The average Bonchev–Trinajstić information content (AvgIpc) is 3.35. The second-order valence-electron chi connectivity index (χ2n) is 7.52. The summed E-state index contributed by atoms with van der Waals surface area (Å²) in [5, 5.41) is 14.8. The van der Waals surface area contributed by atoms with Crippen LogP contribution in [0.1, 0.15) is 26.7 Å². The molecule has 0 fully saturated rings. The highest BCUT2D eigenvalue weighted by Crippen LogP contribution is 2.33. The van der Waals surface area contributed by atoms with Gasteiger partial charge in [0.2, 0.25) is 21.7 Å². The minimum absolute atomic E-state index is 0.0723. The van der Waals surface area contributed by atoms with Crippen molar-refractivity contribution in [1.29, 1.82) is 0 Å². The molecule has 31 heavy (non-hydrogen) atoms. The molecule has 1 atom stereocenters. The molecule has 0 saturated carbocycles. The van der Waals surface area contributed by atoms with Gasteiger partial charge in [0, 0.05) is 28.8 Å². The van der Waals surface area contributed by atoms with Crippen molar-refractivity contribution in [2.45, 2.75) is 38.1 Å². The van der Waals surface area contributed by atoms with E-state index in [1.807, 2.05) is 13.0 Å². The molecular weight excluding hydrogens is 422 g/mol. The van der Waals surface area contributed by atoms with Crippen LogP contribution < -0.4 is 4.72 Å². The number of rotatable bonds is 7. The summed E-state index contributed by atoms with van der Waals surface area (Å²) in [5.41, 5.74) is 1.69.